The van der Waals surface area contributed by atoms with Gasteiger partial charge in [-0.25, -0.2) is 0 Å². The van der Waals surface area contributed by atoms with E-state index in [1.807, 2.05) is 30.9 Å². The van der Waals surface area contributed by atoms with Gasteiger partial charge in [0.2, 0.25) is 5.78 Å². The molecule has 0 radical (unpaired) electrons. The zero-order valence-corrected chi connectivity index (χ0v) is 11.7. The summed E-state index contributed by atoms with van der Waals surface area (Å²) in [5.74, 6) is 3.43. The predicted molar refractivity (Wildman–Crippen MR) is 75.4 cm³/mol. The molecule has 1 aromatic carbocycles. The van der Waals surface area contributed by atoms with Crippen molar-refractivity contribution in [1.29, 1.82) is 0 Å². The number of benzene rings is 1. The molecule has 0 amide bonds. The summed E-state index contributed by atoms with van der Waals surface area (Å²) < 4.78 is 5.25. The highest BCUT2D eigenvalue weighted by Gasteiger charge is 2.11. The van der Waals surface area contributed by atoms with Crippen molar-refractivity contribution < 1.29 is 9.53 Å². The summed E-state index contributed by atoms with van der Waals surface area (Å²) in [6.07, 6.45) is 2.34. The van der Waals surface area contributed by atoms with Crippen molar-refractivity contribution in [3.63, 3.8) is 0 Å². The Morgan fingerprint density at radius 3 is 2.53 bits per heavy atom. The molecular formula is C16H19NO2. The van der Waals surface area contributed by atoms with E-state index >= 15 is 0 Å². The largest absolute Gasteiger partial charge is 0.496 e. The average molecular weight is 257 g/mol. The van der Waals surface area contributed by atoms with Crippen LogP contribution in [0.1, 0.15) is 34.3 Å². The van der Waals surface area contributed by atoms with Crippen LogP contribution in [0.2, 0.25) is 0 Å². The summed E-state index contributed by atoms with van der Waals surface area (Å²) in [6.45, 7) is 5.79. The molecule has 1 aliphatic rings. The molecular weight excluding hydrogens is 238 g/mol. The zero-order valence-electron chi connectivity index (χ0n) is 11.7. The Morgan fingerprint density at radius 2 is 1.89 bits per heavy atom. The second kappa shape index (κ2) is 5.79. The maximum atomic E-state index is 12.1. The minimum atomic E-state index is -0.116. The van der Waals surface area contributed by atoms with Crippen molar-refractivity contribution in [3.05, 3.63) is 28.8 Å². The van der Waals surface area contributed by atoms with Crippen LogP contribution in [0.25, 0.3) is 0 Å². The first-order chi connectivity index (χ1) is 9.11. The minimum absolute atomic E-state index is 0.116. The first kappa shape index (κ1) is 13.5. The molecule has 1 saturated heterocycles. The topological polar surface area (TPSA) is 29.5 Å². The second-order valence-electron chi connectivity index (χ2n) is 4.90. The van der Waals surface area contributed by atoms with Crippen LogP contribution in [0.3, 0.4) is 0 Å². The van der Waals surface area contributed by atoms with Crippen LogP contribution in [0.15, 0.2) is 12.1 Å². The molecule has 1 aromatic rings. The highest BCUT2D eigenvalue weighted by molar-refractivity contribution is 6.10. The normalized spacial score (nSPS) is 13.9. The highest BCUT2D eigenvalue weighted by atomic mass is 16.5. The Bertz CT molecular complexity index is 546. The van der Waals surface area contributed by atoms with Gasteiger partial charge in [0.15, 0.2) is 0 Å². The summed E-state index contributed by atoms with van der Waals surface area (Å²) in [6, 6.07) is 6.70. The monoisotopic (exact) mass is 257 g/mol. The number of ketones is 1. The molecule has 0 N–H and O–H groups in total. The summed E-state index contributed by atoms with van der Waals surface area (Å²) in [5.41, 5.74) is 2.53. The Kier molecular flexibility index (Phi) is 4.11. The van der Waals surface area contributed by atoms with Gasteiger partial charge in [-0.1, -0.05) is 0 Å². The molecule has 2 rings (SSSR count). The van der Waals surface area contributed by atoms with Crippen molar-refractivity contribution >= 4 is 5.78 Å². The van der Waals surface area contributed by atoms with E-state index in [4.69, 9.17) is 4.74 Å². The van der Waals surface area contributed by atoms with Crippen LogP contribution in [-0.4, -0.2) is 30.9 Å². The third kappa shape index (κ3) is 3.08. The lowest BCUT2D eigenvalue weighted by Crippen LogP contribution is -2.12. The molecule has 3 heteroatoms. The summed E-state index contributed by atoms with van der Waals surface area (Å²) >= 11 is 0. The fourth-order valence-corrected chi connectivity index (χ4v) is 2.28. The fourth-order valence-electron chi connectivity index (χ4n) is 2.28. The van der Waals surface area contributed by atoms with Crippen LogP contribution in [0.4, 0.5) is 0 Å². The minimum Gasteiger partial charge on any atom is -0.496 e. The average Bonchev–Trinajstić information content (AvgIpc) is 2.91. The SMILES string of the molecule is COc1cc(C)c(C(=O)C#CN2CCCC2)cc1C. The third-order valence-electron chi connectivity index (χ3n) is 3.42. The van der Waals surface area contributed by atoms with Gasteiger partial charge in [-0.3, -0.25) is 4.79 Å². The first-order valence-electron chi connectivity index (χ1n) is 6.58. The molecule has 1 heterocycles. The Hall–Kier alpha value is -1.95. The number of ether oxygens (including phenoxy) is 1. The molecule has 1 fully saturated rings. The number of likely N-dealkylation sites (tertiary alicyclic amines) is 1. The van der Waals surface area contributed by atoms with Crippen LogP contribution in [0.5, 0.6) is 5.75 Å². The molecule has 0 atom stereocenters. The molecule has 0 bridgehead atoms. The number of methoxy groups -OCH3 is 1. The molecule has 1 aliphatic heterocycles. The number of Topliss-reactive ketones (excluding diaryl/α,β-unsaturated/α-hetero) is 1. The quantitative estimate of drug-likeness (QED) is 0.602. The van der Waals surface area contributed by atoms with E-state index in [-0.39, 0.29) is 5.78 Å². The zero-order chi connectivity index (χ0) is 13.8. The van der Waals surface area contributed by atoms with Crippen molar-refractivity contribution in [1.82, 2.24) is 4.90 Å². The molecule has 3 nitrogen and oxygen atoms in total. The van der Waals surface area contributed by atoms with Gasteiger partial charge in [-0.15, -0.1) is 0 Å². The van der Waals surface area contributed by atoms with Crippen molar-refractivity contribution in [2.24, 2.45) is 0 Å². The maximum Gasteiger partial charge on any atom is 0.237 e. The smallest absolute Gasteiger partial charge is 0.237 e. The van der Waals surface area contributed by atoms with E-state index in [2.05, 4.69) is 12.0 Å². The molecule has 0 unspecified atom stereocenters. The number of nitrogens with zero attached hydrogens (tertiary/aromatic N) is 1. The van der Waals surface area contributed by atoms with E-state index in [1.165, 1.54) is 12.8 Å². The van der Waals surface area contributed by atoms with Gasteiger partial charge in [0, 0.05) is 24.7 Å². The molecule has 100 valence electrons. The van der Waals surface area contributed by atoms with Crippen LogP contribution < -0.4 is 4.74 Å². The lowest BCUT2D eigenvalue weighted by atomic mass is 10.0. The van der Waals surface area contributed by atoms with E-state index in [0.29, 0.717) is 5.56 Å². The van der Waals surface area contributed by atoms with Crippen molar-refractivity contribution in [3.8, 4) is 17.7 Å². The van der Waals surface area contributed by atoms with E-state index in [1.54, 1.807) is 7.11 Å². The van der Waals surface area contributed by atoms with Gasteiger partial charge in [-0.05, 0) is 55.9 Å². The van der Waals surface area contributed by atoms with Crippen LogP contribution in [0, 0.1) is 25.8 Å². The summed E-state index contributed by atoms with van der Waals surface area (Å²) in [7, 11) is 1.64. The van der Waals surface area contributed by atoms with Gasteiger partial charge in [0.1, 0.15) is 5.75 Å². The molecule has 0 spiro atoms. The van der Waals surface area contributed by atoms with Crippen LogP contribution in [-0.2, 0) is 0 Å². The molecule has 0 aliphatic carbocycles. The number of hydrogen-bond acceptors (Lipinski definition) is 3. The number of hydrogen-bond donors (Lipinski definition) is 0. The Labute approximate surface area is 114 Å². The molecule has 0 saturated carbocycles. The lowest BCUT2D eigenvalue weighted by Gasteiger charge is -2.09. The van der Waals surface area contributed by atoms with E-state index < -0.39 is 0 Å². The Balaban J connectivity index is 2.21. The number of rotatable bonds is 2. The standard InChI is InChI=1S/C16H19NO2/c1-12-11-16(19-3)13(2)10-14(12)15(18)6-9-17-7-4-5-8-17/h10-11H,4-5,7-8H2,1-3H3. The number of carbonyl (C=O) groups excluding carboxylic acids is 1. The molecule has 19 heavy (non-hydrogen) atoms. The van der Waals surface area contributed by atoms with E-state index in [0.717, 1.165) is 30.0 Å². The predicted octanol–water partition coefficient (Wildman–Crippen LogP) is 2.55. The maximum absolute atomic E-state index is 12.1. The third-order valence-corrected chi connectivity index (χ3v) is 3.42. The number of carbonyl (C=O) groups is 1. The summed E-state index contributed by atoms with van der Waals surface area (Å²) in [5, 5.41) is 0. The van der Waals surface area contributed by atoms with Gasteiger partial charge in [0.25, 0.3) is 0 Å². The Morgan fingerprint density at radius 1 is 1.21 bits per heavy atom. The van der Waals surface area contributed by atoms with Gasteiger partial charge in [-0.2, -0.15) is 0 Å². The first-order valence-corrected chi connectivity index (χ1v) is 6.58. The van der Waals surface area contributed by atoms with Gasteiger partial charge < -0.3 is 9.64 Å². The van der Waals surface area contributed by atoms with Crippen molar-refractivity contribution in [2.45, 2.75) is 26.7 Å². The molecule has 0 aromatic heterocycles. The second-order valence-corrected chi connectivity index (χ2v) is 4.90. The highest BCUT2D eigenvalue weighted by Crippen LogP contribution is 2.22. The van der Waals surface area contributed by atoms with Gasteiger partial charge in [0.05, 0.1) is 7.11 Å². The summed E-state index contributed by atoms with van der Waals surface area (Å²) in [4.78, 5) is 14.2. The van der Waals surface area contributed by atoms with Crippen LogP contribution >= 0.6 is 0 Å². The lowest BCUT2D eigenvalue weighted by molar-refractivity contribution is 0.105. The van der Waals surface area contributed by atoms with Crippen molar-refractivity contribution in [2.75, 3.05) is 20.2 Å². The number of aryl methyl sites for hydroxylation is 2. The fraction of sp³-hybridized carbons (Fsp3) is 0.438. The van der Waals surface area contributed by atoms with Gasteiger partial charge >= 0.3 is 0 Å². The van der Waals surface area contributed by atoms with E-state index in [9.17, 15) is 4.79 Å².